The van der Waals surface area contributed by atoms with Crippen molar-refractivity contribution in [3.8, 4) is 11.5 Å². The first-order chi connectivity index (χ1) is 9.99. The molecule has 1 aromatic rings. The van der Waals surface area contributed by atoms with Crippen molar-refractivity contribution in [2.75, 3.05) is 14.2 Å². The van der Waals surface area contributed by atoms with Crippen molar-refractivity contribution in [2.45, 2.75) is 44.9 Å². The van der Waals surface area contributed by atoms with E-state index in [1.807, 2.05) is 12.1 Å². The van der Waals surface area contributed by atoms with Crippen molar-refractivity contribution in [1.82, 2.24) is 0 Å². The first-order valence-corrected chi connectivity index (χ1v) is 7.46. The molecule has 1 fully saturated rings. The van der Waals surface area contributed by atoms with E-state index >= 15 is 0 Å². The molecule has 0 saturated heterocycles. The molecule has 1 aliphatic rings. The van der Waals surface area contributed by atoms with Gasteiger partial charge in [0, 0.05) is 11.5 Å². The van der Waals surface area contributed by atoms with E-state index in [2.05, 4.69) is 13.8 Å². The molecule has 4 heteroatoms. The number of hydrogen-bond acceptors (Lipinski definition) is 3. The maximum atomic E-state index is 11.2. The summed E-state index contributed by atoms with van der Waals surface area (Å²) < 4.78 is 11.1. The SMILES string of the molecule is COc1ccc(C(CC(=O)O)C2CC2)c(OC)c1C(C)C. The number of ether oxygens (including phenoxy) is 2. The van der Waals surface area contributed by atoms with Gasteiger partial charge in [-0.1, -0.05) is 19.9 Å². The molecule has 1 unspecified atom stereocenters. The number of carbonyl (C=O) groups is 1. The largest absolute Gasteiger partial charge is 0.496 e. The maximum Gasteiger partial charge on any atom is 0.303 e. The van der Waals surface area contributed by atoms with Crippen molar-refractivity contribution in [1.29, 1.82) is 0 Å². The van der Waals surface area contributed by atoms with Crippen LogP contribution >= 0.6 is 0 Å². The summed E-state index contributed by atoms with van der Waals surface area (Å²) in [6.07, 6.45) is 2.36. The minimum atomic E-state index is -0.754. The van der Waals surface area contributed by atoms with Crippen molar-refractivity contribution >= 4 is 5.97 Å². The number of carboxylic acid groups (broad SMARTS) is 1. The van der Waals surface area contributed by atoms with E-state index in [1.165, 1.54) is 0 Å². The van der Waals surface area contributed by atoms with Crippen molar-refractivity contribution in [2.24, 2.45) is 5.92 Å². The van der Waals surface area contributed by atoms with Gasteiger partial charge in [-0.3, -0.25) is 4.79 Å². The molecule has 0 heterocycles. The molecular weight excluding hydrogens is 268 g/mol. The highest BCUT2D eigenvalue weighted by Gasteiger charge is 2.36. The molecule has 1 atom stereocenters. The average Bonchev–Trinajstić information content (AvgIpc) is 3.27. The van der Waals surface area contributed by atoms with Gasteiger partial charge in [-0.15, -0.1) is 0 Å². The molecule has 0 radical (unpaired) electrons. The van der Waals surface area contributed by atoms with Gasteiger partial charge in [-0.25, -0.2) is 0 Å². The Morgan fingerprint density at radius 1 is 1.29 bits per heavy atom. The molecule has 1 saturated carbocycles. The second kappa shape index (κ2) is 6.37. The lowest BCUT2D eigenvalue weighted by Gasteiger charge is -2.23. The summed E-state index contributed by atoms with van der Waals surface area (Å²) in [6, 6.07) is 3.90. The average molecular weight is 292 g/mol. The van der Waals surface area contributed by atoms with E-state index in [9.17, 15) is 9.90 Å². The maximum absolute atomic E-state index is 11.2. The molecule has 0 aromatic heterocycles. The summed E-state index contributed by atoms with van der Waals surface area (Å²) >= 11 is 0. The van der Waals surface area contributed by atoms with Crippen LogP contribution in [0, 0.1) is 5.92 Å². The first kappa shape index (κ1) is 15.7. The lowest BCUT2D eigenvalue weighted by molar-refractivity contribution is -0.137. The third-order valence-corrected chi connectivity index (χ3v) is 4.17. The highest BCUT2D eigenvalue weighted by molar-refractivity contribution is 5.69. The molecule has 116 valence electrons. The quantitative estimate of drug-likeness (QED) is 0.830. The Balaban J connectivity index is 2.51. The van der Waals surface area contributed by atoms with Gasteiger partial charge in [0.1, 0.15) is 11.5 Å². The van der Waals surface area contributed by atoms with Crippen LogP contribution in [0.4, 0.5) is 0 Å². The summed E-state index contributed by atoms with van der Waals surface area (Å²) in [5, 5.41) is 9.20. The van der Waals surface area contributed by atoms with Crippen molar-refractivity contribution in [3.05, 3.63) is 23.3 Å². The van der Waals surface area contributed by atoms with Crippen LogP contribution in [0.5, 0.6) is 11.5 Å². The second-order valence-electron chi connectivity index (χ2n) is 6.00. The number of rotatable bonds is 7. The molecule has 21 heavy (non-hydrogen) atoms. The molecule has 1 N–H and O–H groups in total. The number of aliphatic carboxylic acids is 1. The summed E-state index contributed by atoms with van der Waals surface area (Å²) in [5.74, 6) is 1.58. The molecular formula is C17H24O4. The number of methoxy groups -OCH3 is 2. The predicted octanol–water partition coefficient (Wildman–Crippen LogP) is 3.80. The third kappa shape index (κ3) is 3.31. The highest BCUT2D eigenvalue weighted by atomic mass is 16.5. The van der Waals surface area contributed by atoms with Crippen molar-refractivity contribution < 1.29 is 19.4 Å². The predicted molar refractivity (Wildman–Crippen MR) is 81.4 cm³/mol. The Kier molecular flexibility index (Phi) is 4.76. The van der Waals surface area contributed by atoms with Crippen LogP contribution in [0.3, 0.4) is 0 Å². The number of carboxylic acids is 1. The van der Waals surface area contributed by atoms with Gasteiger partial charge in [0.05, 0.1) is 20.6 Å². The zero-order valence-electron chi connectivity index (χ0n) is 13.2. The molecule has 4 nitrogen and oxygen atoms in total. The normalized spacial score (nSPS) is 15.9. The summed E-state index contributed by atoms with van der Waals surface area (Å²) in [7, 11) is 3.30. The van der Waals surface area contributed by atoms with Crippen LogP contribution in [0.2, 0.25) is 0 Å². The van der Waals surface area contributed by atoms with Crippen LogP contribution in [0.25, 0.3) is 0 Å². The van der Waals surface area contributed by atoms with Gasteiger partial charge in [0.15, 0.2) is 0 Å². The summed E-state index contributed by atoms with van der Waals surface area (Å²) in [5.41, 5.74) is 2.03. The molecule has 2 rings (SSSR count). The van der Waals surface area contributed by atoms with E-state index in [0.29, 0.717) is 5.92 Å². The van der Waals surface area contributed by atoms with Gasteiger partial charge >= 0.3 is 5.97 Å². The van der Waals surface area contributed by atoms with E-state index in [1.54, 1.807) is 14.2 Å². The van der Waals surface area contributed by atoms with Gasteiger partial charge < -0.3 is 14.6 Å². The van der Waals surface area contributed by atoms with Crippen LogP contribution in [0.1, 0.15) is 56.1 Å². The highest BCUT2D eigenvalue weighted by Crippen LogP contribution is 2.49. The minimum absolute atomic E-state index is 0.0286. The van der Waals surface area contributed by atoms with Crippen LogP contribution in [-0.4, -0.2) is 25.3 Å². The Labute approximate surface area is 126 Å². The first-order valence-electron chi connectivity index (χ1n) is 7.46. The minimum Gasteiger partial charge on any atom is -0.496 e. The fourth-order valence-electron chi connectivity index (χ4n) is 3.06. The second-order valence-corrected chi connectivity index (χ2v) is 6.00. The molecule has 0 amide bonds. The van der Waals surface area contributed by atoms with Crippen LogP contribution < -0.4 is 9.47 Å². The fraction of sp³-hybridized carbons (Fsp3) is 0.588. The van der Waals surface area contributed by atoms with Gasteiger partial charge in [0.25, 0.3) is 0 Å². The number of hydrogen-bond donors (Lipinski definition) is 1. The Hall–Kier alpha value is -1.71. The van der Waals surface area contributed by atoms with E-state index in [0.717, 1.165) is 35.5 Å². The van der Waals surface area contributed by atoms with E-state index < -0.39 is 5.97 Å². The topological polar surface area (TPSA) is 55.8 Å². The number of benzene rings is 1. The van der Waals surface area contributed by atoms with Gasteiger partial charge in [0.2, 0.25) is 0 Å². The summed E-state index contributed by atoms with van der Waals surface area (Å²) in [6.45, 7) is 4.18. The molecule has 0 spiro atoms. The Morgan fingerprint density at radius 3 is 2.38 bits per heavy atom. The van der Waals surface area contributed by atoms with Crippen LogP contribution in [0.15, 0.2) is 12.1 Å². The van der Waals surface area contributed by atoms with Crippen molar-refractivity contribution in [3.63, 3.8) is 0 Å². The molecule has 1 aromatic carbocycles. The zero-order chi connectivity index (χ0) is 15.6. The van der Waals surface area contributed by atoms with Gasteiger partial charge in [-0.2, -0.15) is 0 Å². The molecule has 1 aliphatic carbocycles. The lowest BCUT2D eigenvalue weighted by atomic mass is 9.86. The van der Waals surface area contributed by atoms with Gasteiger partial charge in [-0.05, 0) is 36.3 Å². The van der Waals surface area contributed by atoms with Crippen LogP contribution in [-0.2, 0) is 4.79 Å². The summed E-state index contributed by atoms with van der Waals surface area (Å²) in [4.78, 5) is 11.2. The van der Waals surface area contributed by atoms with E-state index in [-0.39, 0.29) is 18.3 Å². The van der Waals surface area contributed by atoms with E-state index in [4.69, 9.17) is 9.47 Å². The lowest BCUT2D eigenvalue weighted by Crippen LogP contribution is -2.11. The zero-order valence-corrected chi connectivity index (χ0v) is 13.2. The molecule has 0 bridgehead atoms. The fourth-order valence-corrected chi connectivity index (χ4v) is 3.06. The third-order valence-electron chi connectivity index (χ3n) is 4.17. The standard InChI is InChI=1S/C17H24O4/c1-10(2)16-14(20-3)8-7-12(17(16)21-4)13(9-15(18)19)11-5-6-11/h7-8,10-11,13H,5-6,9H2,1-4H3,(H,18,19). The monoisotopic (exact) mass is 292 g/mol. The smallest absolute Gasteiger partial charge is 0.303 e. The Bertz CT molecular complexity index is 518. The molecule has 0 aliphatic heterocycles. The Morgan fingerprint density at radius 2 is 1.95 bits per heavy atom.